The summed E-state index contributed by atoms with van der Waals surface area (Å²) < 4.78 is 0. The van der Waals surface area contributed by atoms with E-state index in [1.165, 1.54) is 6.20 Å². The van der Waals surface area contributed by atoms with E-state index in [4.69, 9.17) is 16.7 Å². The Morgan fingerprint density at radius 3 is 2.67 bits per heavy atom. The first-order valence-electron chi connectivity index (χ1n) is 5.70. The lowest BCUT2D eigenvalue weighted by Gasteiger charge is -2.31. The van der Waals surface area contributed by atoms with Crippen LogP contribution in [0.3, 0.4) is 0 Å². The second kappa shape index (κ2) is 5.35. The zero-order valence-electron chi connectivity index (χ0n) is 9.67. The number of pyridine rings is 1. The Balaban J connectivity index is 2.10. The Morgan fingerprint density at radius 1 is 1.50 bits per heavy atom. The molecule has 0 radical (unpaired) electrons. The van der Waals surface area contributed by atoms with Crippen LogP contribution in [0.4, 0.5) is 5.82 Å². The van der Waals surface area contributed by atoms with Gasteiger partial charge < -0.3 is 10.0 Å². The number of hydrogen-bond donors (Lipinski definition) is 1. The zero-order valence-corrected chi connectivity index (χ0v) is 10.4. The fourth-order valence-electron chi connectivity index (χ4n) is 2.08. The maximum atomic E-state index is 10.8. The summed E-state index contributed by atoms with van der Waals surface area (Å²) in [7, 11) is 0. The number of carboxylic acid groups (broad SMARTS) is 1. The highest BCUT2D eigenvalue weighted by atomic mass is 35.5. The van der Waals surface area contributed by atoms with Gasteiger partial charge >= 0.3 is 5.97 Å². The van der Waals surface area contributed by atoms with Gasteiger partial charge in [0.05, 0.1) is 10.9 Å². The van der Waals surface area contributed by atoms with E-state index in [0.717, 1.165) is 0 Å². The summed E-state index contributed by atoms with van der Waals surface area (Å²) in [6, 6.07) is 1.57. The Hall–Kier alpha value is -1.62. The summed E-state index contributed by atoms with van der Waals surface area (Å²) in [5.74, 6) is -0.412. The van der Waals surface area contributed by atoms with Crippen LogP contribution in [0.2, 0.25) is 5.02 Å². The van der Waals surface area contributed by atoms with E-state index < -0.39 is 5.97 Å². The number of carbonyl (C=O) groups is 2. The van der Waals surface area contributed by atoms with E-state index in [1.807, 2.05) is 4.90 Å². The van der Waals surface area contributed by atoms with Crippen LogP contribution >= 0.6 is 11.6 Å². The Kier molecular flexibility index (Phi) is 3.81. The minimum Gasteiger partial charge on any atom is -0.481 e. The van der Waals surface area contributed by atoms with Gasteiger partial charge in [0, 0.05) is 24.8 Å². The molecular formula is C12H13ClN2O3. The van der Waals surface area contributed by atoms with Crippen molar-refractivity contribution >= 4 is 29.7 Å². The van der Waals surface area contributed by atoms with Crippen LogP contribution in [-0.4, -0.2) is 35.4 Å². The van der Waals surface area contributed by atoms with Gasteiger partial charge in [-0.15, -0.1) is 0 Å². The van der Waals surface area contributed by atoms with Crippen molar-refractivity contribution in [1.82, 2.24) is 4.98 Å². The SMILES string of the molecule is O=Cc1cnc(N2CCC(C(=O)O)CC2)c(Cl)c1. The van der Waals surface area contributed by atoms with Crippen molar-refractivity contribution in [2.45, 2.75) is 12.8 Å². The molecule has 2 heterocycles. The summed E-state index contributed by atoms with van der Waals surface area (Å²) in [6.07, 6.45) is 3.34. The topological polar surface area (TPSA) is 70.5 Å². The van der Waals surface area contributed by atoms with Crippen molar-refractivity contribution in [3.8, 4) is 0 Å². The summed E-state index contributed by atoms with van der Waals surface area (Å²) in [5.41, 5.74) is 0.434. The molecule has 0 aliphatic carbocycles. The van der Waals surface area contributed by atoms with Crippen molar-refractivity contribution in [3.63, 3.8) is 0 Å². The lowest BCUT2D eigenvalue weighted by atomic mass is 9.97. The molecule has 0 atom stereocenters. The normalized spacial score (nSPS) is 16.6. The van der Waals surface area contributed by atoms with E-state index in [2.05, 4.69) is 4.98 Å². The van der Waals surface area contributed by atoms with Gasteiger partial charge in [0.2, 0.25) is 0 Å². The lowest BCUT2D eigenvalue weighted by molar-refractivity contribution is -0.142. The van der Waals surface area contributed by atoms with E-state index in [1.54, 1.807) is 6.07 Å². The average molecular weight is 269 g/mol. The van der Waals surface area contributed by atoms with Gasteiger partial charge in [0.25, 0.3) is 0 Å². The third-order valence-electron chi connectivity index (χ3n) is 3.12. The van der Waals surface area contributed by atoms with Gasteiger partial charge in [-0.25, -0.2) is 4.98 Å². The molecule has 1 aromatic heterocycles. The van der Waals surface area contributed by atoms with Gasteiger partial charge in [-0.3, -0.25) is 9.59 Å². The van der Waals surface area contributed by atoms with E-state index >= 15 is 0 Å². The van der Waals surface area contributed by atoms with Crippen molar-refractivity contribution in [2.75, 3.05) is 18.0 Å². The van der Waals surface area contributed by atoms with Gasteiger partial charge in [-0.05, 0) is 18.9 Å². The number of carbonyl (C=O) groups excluding carboxylic acids is 1. The summed E-state index contributed by atoms with van der Waals surface area (Å²) in [6.45, 7) is 1.23. The third-order valence-corrected chi connectivity index (χ3v) is 3.40. The predicted molar refractivity (Wildman–Crippen MR) is 67.2 cm³/mol. The van der Waals surface area contributed by atoms with E-state index in [-0.39, 0.29) is 5.92 Å². The number of nitrogens with zero attached hydrogens (tertiary/aromatic N) is 2. The molecule has 2 rings (SSSR count). The minimum atomic E-state index is -0.745. The highest BCUT2D eigenvalue weighted by Crippen LogP contribution is 2.28. The first kappa shape index (κ1) is 12.8. The van der Waals surface area contributed by atoms with Gasteiger partial charge in [-0.2, -0.15) is 0 Å². The van der Waals surface area contributed by atoms with Crippen LogP contribution in [0.15, 0.2) is 12.3 Å². The van der Waals surface area contributed by atoms with Crippen LogP contribution in [-0.2, 0) is 4.79 Å². The standard InChI is InChI=1S/C12H13ClN2O3/c13-10-5-8(7-16)6-14-11(10)15-3-1-9(2-4-15)12(17)18/h5-7,9H,1-4H2,(H,17,18). The van der Waals surface area contributed by atoms with Crippen LogP contribution in [0.25, 0.3) is 0 Å². The van der Waals surface area contributed by atoms with Crippen molar-refractivity contribution < 1.29 is 14.7 Å². The molecule has 0 amide bonds. The highest BCUT2D eigenvalue weighted by molar-refractivity contribution is 6.33. The monoisotopic (exact) mass is 268 g/mol. The molecule has 5 nitrogen and oxygen atoms in total. The molecule has 0 saturated carbocycles. The molecule has 6 heteroatoms. The molecule has 1 saturated heterocycles. The first-order chi connectivity index (χ1) is 8.61. The fraction of sp³-hybridized carbons (Fsp3) is 0.417. The molecule has 0 spiro atoms. The number of carboxylic acids is 1. The quantitative estimate of drug-likeness (QED) is 0.847. The minimum absolute atomic E-state index is 0.283. The zero-order chi connectivity index (χ0) is 13.1. The number of anilines is 1. The van der Waals surface area contributed by atoms with Gasteiger partial charge in [-0.1, -0.05) is 11.6 Å². The number of aliphatic carboxylic acids is 1. The van der Waals surface area contributed by atoms with Gasteiger partial charge in [0.15, 0.2) is 6.29 Å². The molecule has 1 aliphatic rings. The highest BCUT2D eigenvalue weighted by Gasteiger charge is 2.26. The number of piperidine rings is 1. The summed E-state index contributed by atoms with van der Waals surface area (Å²) in [4.78, 5) is 27.5. The number of rotatable bonds is 3. The van der Waals surface area contributed by atoms with Crippen LogP contribution in [0.1, 0.15) is 23.2 Å². The fourth-order valence-corrected chi connectivity index (χ4v) is 2.38. The Labute approximate surface area is 109 Å². The molecule has 0 bridgehead atoms. The molecular weight excluding hydrogens is 256 g/mol. The number of halogens is 1. The predicted octanol–water partition coefficient (Wildman–Crippen LogP) is 1.85. The second-order valence-electron chi connectivity index (χ2n) is 4.29. The Morgan fingerprint density at radius 2 is 2.17 bits per heavy atom. The number of aromatic nitrogens is 1. The second-order valence-corrected chi connectivity index (χ2v) is 4.70. The Bertz CT molecular complexity index is 470. The number of aldehydes is 1. The van der Waals surface area contributed by atoms with Crippen molar-refractivity contribution in [1.29, 1.82) is 0 Å². The van der Waals surface area contributed by atoms with Gasteiger partial charge in [0.1, 0.15) is 5.82 Å². The molecule has 1 aromatic rings. The average Bonchev–Trinajstić information content (AvgIpc) is 2.38. The number of hydrogen-bond acceptors (Lipinski definition) is 4. The maximum Gasteiger partial charge on any atom is 0.306 e. The first-order valence-corrected chi connectivity index (χ1v) is 6.08. The van der Waals surface area contributed by atoms with E-state index in [9.17, 15) is 9.59 Å². The summed E-state index contributed by atoms with van der Waals surface area (Å²) >= 11 is 6.06. The molecule has 0 unspecified atom stereocenters. The lowest BCUT2D eigenvalue weighted by Crippen LogP contribution is -2.36. The summed E-state index contributed by atoms with van der Waals surface area (Å²) in [5, 5.41) is 9.34. The molecule has 1 N–H and O–H groups in total. The smallest absolute Gasteiger partial charge is 0.306 e. The molecule has 1 aliphatic heterocycles. The van der Waals surface area contributed by atoms with Crippen molar-refractivity contribution in [2.24, 2.45) is 5.92 Å². The molecule has 18 heavy (non-hydrogen) atoms. The van der Waals surface area contributed by atoms with Crippen LogP contribution in [0.5, 0.6) is 0 Å². The largest absolute Gasteiger partial charge is 0.481 e. The molecule has 1 fully saturated rings. The van der Waals surface area contributed by atoms with E-state index in [0.29, 0.717) is 48.6 Å². The van der Waals surface area contributed by atoms with Crippen molar-refractivity contribution in [3.05, 3.63) is 22.8 Å². The van der Waals surface area contributed by atoms with Crippen LogP contribution in [0, 0.1) is 5.92 Å². The third kappa shape index (κ3) is 2.61. The maximum absolute atomic E-state index is 10.8. The van der Waals surface area contributed by atoms with Crippen LogP contribution < -0.4 is 4.90 Å². The molecule has 96 valence electrons. The molecule has 0 aromatic carbocycles.